The first kappa shape index (κ1) is 20.5. The van der Waals surface area contributed by atoms with Crippen molar-refractivity contribution in [2.45, 2.75) is 38.6 Å². The van der Waals surface area contributed by atoms with Gasteiger partial charge in [-0.15, -0.1) is 0 Å². The topological polar surface area (TPSA) is 77.6 Å². The van der Waals surface area contributed by atoms with Crippen LogP contribution in [0, 0.1) is 0 Å². The molecule has 0 spiro atoms. The van der Waals surface area contributed by atoms with E-state index in [1.807, 2.05) is 53.3 Å². The Hall–Kier alpha value is -3.45. The van der Waals surface area contributed by atoms with Crippen LogP contribution in [0.25, 0.3) is 5.69 Å². The van der Waals surface area contributed by atoms with Crippen LogP contribution in [0.1, 0.15) is 46.7 Å². The molecule has 0 saturated carbocycles. The molecule has 7 nitrogen and oxygen atoms in total. The molecule has 1 aliphatic rings. The van der Waals surface area contributed by atoms with E-state index in [0.717, 1.165) is 54.7 Å². The Kier molecular flexibility index (Phi) is 5.73. The summed E-state index contributed by atoms with van der Waals surface area (Å²) >= 11 is 6.06. The van der Waals surface area contributed by atoms with E-state index in [4.69, 9.17) is 16.7 Å². The molecule has 0 aliphatic heterocycles. The summed E-state index contributed by atoms with van der Waals surface area (Å²) in [6.07, 6.45) is 8.62. The summed E-state index contributed by atoms with van der Waals surface area (Å²) in [5, 5.41) is 12.8. The van der Waals surface area contributed by atoms with E-state index in [9.17, 15) is 4.79 Å². The highest BCUT2D eigenvalue weighted by Gasteiger charge is 2.25. The van der Waals surface area contributed by atoms with E-state index in [-0.39, 0.29) is 5.91 Å². The zero-order chi connectivity index (χ0) is 21.9. The molecule has 0 atom stereocenters. The molecule has 3 heterocycles. The Labute approximate surface area is 191 Å². The lowest BCUT2D eigenvalue weighted by Gasteiger charge is -2.07. The third-order valence-corrected chi connectivity index (χ3v) is 5.90. The molecule has 1 N–H and O–H groups in total. The lowest BCUT2D eigenvalue weighted by atomic mass is 10.1. The van der Waals surface area contributed by atoms with Crippen LogP contribution < -0.4 is 5.32 Å². The van der Waals surface area contributed by atoms with Crippen molar-refractivity contribution >= 4 is 23.3 Å². The number of fused-ring (bicyclic) bond motifs is 1. The standard InChI is InChI=1S/C24H23ClN6O/c25-17-9-11-19(12-10-17)31-21-8-3-1-2-7-20(21)23(29-31)24(32)27-22-13-15-30(28-22)16-18-6-4-5-14-26-18/h4-6,9-15H,1-3,7-8,16H2,(H,27,28,32). The Morgan fingerprint density at radius 3 is 2.66 bits per heavy atom. The molecule has 0 saturated heterocycles. The van der Waals surface area contributed by atoms with Gasteiger partial charge in [0.15, 0.2) is 11.5 Å². The maximum Gasteiger partial charge on any atom is 0.277 e. The SMILES string of the molecule is O=C(Nc1ccn(Cc2ccccn2)n1)c1nn(-c2ccc(Cl)cc2)c2c1CCCCC2. The van der Waals surface area contributed by atoms with Crippen molar-refractivity contribution in [1.82, 2.24) is 24.5 Å². The van der Waals surface area contributed by atoms with Crippen molar-refractivity contribution in [1.29, 1.82) is 0 Å². The summed E-state index contributed by atoms with van der Waals surface area (Å²) in [6, 6.07) is 15.1. The molecule has 0 fully saturated rings. The molecule has 4 aromatic rings. The second kappa shape index (κ2) is 8.96. The highest BCUT2D eigenvalue weighted by Crippen LogP contribution is 2.27. The molecule has 8 heteroatoms. The Balaban J connectivity index is 1.41. The van der Waals surface area contributed by atoms with E-state index in [2.05, 4.69) is 15.4 Å². The Morgan fingerprint density at radius 1 is 1.00 bits per heavy atom. The normalized spacial score (nSPS) is 13.4. The quantitative estimate of drug-likeness (QED) is 0.451. The van der Waals surface area contributed by atoms with Crippen LogP contribution in [0.15, 0.2) is 60.9 Å². The van der Waals surface area contributed by atoms with Crippen LogP contribution in [0.2, 0.25) is 5.02 Å². The van der Waals surface area contributed by atoms with Gasteiger partial charge in [-0.05, 0) is 62.1 Å². The first-order chi connectivity index (χ1) is 15.7. The highest BCUT2D eigenvalue weighted by atomic mass is 35.5. The fraction of sp³-hybridized carbons (Fsp3) is 0.250. The minimum Gasteiger partial charge on any atom is -0.304 e. The average molecular weight is 447 g/mol. The predicted octanol–water partition coefficient (Wildman–Crippen LogP) is 4.69. The highest BCUT2D eigenvalue weighted by molar-refractivity contribution is 6.30. The van der Waals surface area contributed by atoms with Crippen LogP contribution in [0.4, 0.5) is 5.82 Å². The number of carbonyl (C=O) groups excluding carboxylic acids is 1. The van der Waals surface area contributed by atoms with Gasteiger partial charge < -0.3 is 5.32 Å². The molecule has 1 aromatic carbocycles. The summed E-state index contributed by atoms with van der Waals surface area (Å²) < 4.78 is 3.65. The third-order valence-electron chi connectivity index (χ3n) is 5.65. The molecular weight excluding hydrogens is 424 g/mol. The lowest BCUT2D eigenvalue weighted by Crippen LogP contribution is -2.16. The Morgan fingerprint density at radius 2 is 1.84 bits per heavy atom. The van der Waals surface area contributed by atoms with Gasteiger partial charge in [0.2, 0.25) is 0 Å². The van der Waals surface area contributed by atoms with Gasteiger partial charge >= 0.3 is 0 Å². The molecule has 32 heavy (non-hydrogen) atoms. The number of halogens is 1. The first-order valence-electron chi connectivity index (χ1n) is 10.8. The van der Waals surface area contributed by atoms with Crippen LogP contribution in [0.3, 0.4) is 0 Å². The van der Waals surface area contributed by atoms with Crippen molar-refractivity contribution in [3.8, 4) is 5.69 Å². The van der Waals surface area contributed by atoms with Gasteiger partial charge in [0.25, 0.3) is 5.91 Å². The van der Waals surface area contributed by atoms with Gasteiger partial charge in [-0.25, -0.2) is 4.68 Å². The van der Waals surface area contributed by atoms with E-state index in [1.165, 1.54) is 0 Å². The zero-order valence-corrected chi connectivity index (χ0v) is 18.3. The number of carbonyl (C=O) groups is 1. The van der Waals surface area contributed by atoms with Crippen LogP contribution in [0.5, 0.6) is 0 Å². The fourth-order valence-corrected chi connectivity index (χ4v) is 4.23. The van der Waals surface area contributed by atoms with E-state index in [1.54, 1.807) is 16.9 Å². The summed E-state index contributed by atoms with van der Waals surface area (Å²) in [7, 11) is 0. The number of amides is 1. The number of pyridine rings is 1. The summed E-state index contributed by atoms with van der Waals surface area (Å²) in [6.45, 7) is 0.539. The van der Waals surface area contributed by atoms with Gasteiger partial charge in [0.05, 0.1) is 17.9 Å². The summed E-state index contributed by atoms with van der Waals surface area (Å²) in [5.41, 5.74) is 4.42. The second-order valence-electron chi connectivity index (χ2n) is 7.90. The lowest BCUT2D eigenvalue weighted by molar-refractivity contribution is 0.102. The molecule has 162 valence electrons. The average Bonchev–Trinajstić information content (AvgIpc) is 3.31. The summed E-state index contributed by atoms with van der Waals surface area (Å²) in [5.74, 6) is 0.258. The number of nitrogens with one attached hydrogen (secondary N) is 1. The molecule has 0 radical (unpaired) electrons. The monoisotopic (exact) mass is 446 g/mol. The van der Waals surface area contributed by atoms with Crippen LogP contribution in [-0.4, -0.2) is 30.5 Å². The van der Waals surface area contributed by atoms with Crippen molar-refractivity contribution < 1.29 is 4.79 Å². The number of benzene rings is 1. The van der Waals surface area contributed by atoms with E-state index in [0.29, 0.717) is 23.1 Å². The molecular formula is C24H23ClN6O. The van der Waals surface area contributed by atoms with Crippen molar-refractivity contribution in [2.24, 2.45) is 0 Å². The van der Waals surface area contributed by atoms with Crippen LogP contribution in [-0.2, 0) is 19.4 Å². The smallest absolute Gasteiger partial charge is 0.277 e. The Bertz CT molecular complexity index is 1230. The molecule has 1 aliphatic carbocycles. The van der Waals surface area contributed by atoms with Gasteiger partial charge in [0.1, 0.15) is 0 Å². The number of hydrogen-bond donors (Lipinski definition) is 1. The minimum absolute atomic E-state index is 0.237. The van der Waals surface area contributed by atoms with Crippen molar-refractivity contribution in [2.75, 3.05) is 5.32 Å². The minimum atomic E-state index is -0.237. The first-order valence-corrected chi connectivity index (χ1v) is 11.2. The van der Waals surface area contributed by atoms with Gasteiger partial charge in [-0.1, -0.05) is 24.1 Å². The number of nitrogens with zero attached hydrogens (tertiary/aromatic N) is 5. The molecule has 0 bridgehead atoms. The number of aromatic nitrogens is 5. The second-order valence-corrected chi connectivity index (χ2v) is 8.33. The molecule has 5 rings (SSSR count). The van der Waals surface area contributed by atoms with Gasteiger partial charge in [-0.3, -0.25) is 14.5 Å². The summed E-state index contributed by atoms with van der Waals surface area (Å²) in [4.78, 5) is 17.5. The van der Waals surface area contributed by atoms with E-state index >= 15 is 0 Å². The molecule has 0 unspecified atom stereocenters. The fourth-order valence-electron chi connectivity index (χ4n) is 4.10. The third kappa shape index (κ3) is 4.29. The maximum atomic E-state index is 13.2. The van der Waals surface area contributed by atoms with Crippen LogP contribution >= 0.6 is 11.6 Å². The van der Waals surface area contributed by atoms with Crippen molar-refractivity contribution in [3.05, 3.63) is 88.6 Å². The maximum absolute atomic E-state index is 13.2. The number of hydrogen-bond acceptors (Lipinski definition) is 4. The van der Waals surface area contributed by atoms with E-state index < -0.39 is 0 Å². The number of anilines is 1. The van der Waals surface area contributed by atoms with Gasteiger partial charge in [-0.2, -0.15) is 10.2 Å². The van der Waals surface area contributed by atoms with Crippen molar-refractivity contribution in [3.63, 3.8) is 0 Å². The molecule has 1 amide bonds. The molecule has 3 aromatic heterocycles. The largest absolute Gasteiger partial charge is 0.304 e. The zero-order valence-electron chi connectivity index (χ0n) is 17.5. The van der Waals surface area contributed by atoms with Gasteiger partial charge in [0, 0.05) is 34.7 Å². The predicted molar refractivity (Wildman–Crippen MR) is 123 cm³/mol. The number of rotatable bonds is 5.